The molecule has 1 aromatic heterocycles. The normalized spacial score (nSPS) is 11.5. The Morgan fingerprint density at radius 1 is 0.962 bits per heavy atom. The topological polar surface area (TPSA) is 63.9 Å². The van der Waals surface area contributed by atoms with Crippen molar-refractivity contribution in [2.24, 2.45) is 0 Å². The Kier molecular flexibility index (Phi) is 4.93. The highest BCUT2D eigenvalue weighted by Gasteiger charge is 2.22. The molecular formula is C20H21N5O. The summed E-state index contributed by atoms with van der Waals surface area (Å²) in [5.74, 6) is 0.287. The van der Waals surface area contributed by atoms with Crippen LogP contribution in [0.4, 0.5) is 0 Å². The third kappa shape index (κ3) is 3.69. The first-order valence-corrected chi connectivity index (χ1v) is 8.31. The average Bonchev–Trinajstić information content (AvgIpc) is 3.09. The van der Waals surface area contributed by atoms with Crippen LogP contribution >= 0.6 is 0 Å². The van der Waals surface area contributed by atoms with Crippen LogP contribution in [0, 0.1) is 13.8 Å². The van der Waals surface area contributed by atoms with Crippen LogP contribution < -0.4 is 0 Å². The molecule has 0 saturated carbocycles. The number of hydrogen-bond acceptors (Lipinski definition) is 5. The predicted molar refractivity (Wildman–Crippen MR) is 101 cm³/mol. The van der Waals surface area contributed by atoms with Crippen molar-refractivity contribution in [3.8, 4) is 5.69 Å². The van der Waals surface area contributed by atoms with Gasteiger partial charge in [-0.05, 0) is 36.4 Å². The number of hydrogen-bond donors (Lipinski definition) is 0. The third-order valence-electron chi connectivity index (χ3n) is 3.93. The van der Waals surface area contributed by atoms with E-state index in [1.807, 2.05) is 81.4 Å². The SMILES string of the molecule is Cc1ccc(C(=O)/C(=C/N(C)C)c2nnnn2-c2ccc(C)cc2)cc1. The lowest BCUT2D eigenvalue weighted by molar-refractivity contribution is 0.105. The van der Waals surface area contributed by atoms with Gasteiger partial charge in [-0.15, -0.1) is 5.10 Å². The minimum Gasteiger partial charge on any atom is -0.383 e. The summed E-state index contributed by atoms with van der Waals surface area (Å²) in [5.41, 5.74) is 4.08. The Labute approximate surface area is 152 Å². The predicted octanol–water partition coefficient (Wildman–Crippen LogP) is 3.06. The molecule has 6 nitrogen and oxygen atoms in total. The van der Waals surface area contributed by atoms with Gasteiger partial charge < -0.3 is 4.90 Å². The number of benzene rings is 2. The maximum Gasteiger partial charge on any atom is 0.198 e. The van der Waals surface area contributed by atoms with E-state index in [1.54, 1.807) is 10.9 Å². The van der Waals surface area contributed by atoms with Crippen LogP contribution in [-0.4, -0.2) is 45.0 Å². The van der Waals surface area contributed by atoms with Gasteiger partial charge in [-0.2, -0.15) is 4.68 Å². The molecule has 6 heteroatoms. The van der Waals surface area contributed by atoms with Gasteiger partial charge in [0.15, 0.2) is 11.6 Å². The van der Waals surface area contributed by atoms with Crippen LogP contribution in [0.2, 0.25) is 0 Å². The summed E-state index contributed by atoms with van der Waals surface area (Å²) in [6.45, 7) is 4.01. The maximum absolute atomic E-state index is 13.1. The molecule has 0 amide bonds. The van der Waals surface area contributed by atoms with E-state index in [9.17, 15) is 4.79 Å². The number of carbonyl (C=O) groups is 1. The molecule has 26 heavy (non-hydrogen) atoms. The molecule has 1 heterocycles. The van der Waals surface area contributed by atoms with E-state index in [4.69, 9.17) is 0 Å². The molecule has 0 aliphatic heterocycles. The summed E-state index contributed by atoms with van der Waals surface area (Å²) < 4.78 is 1.58. The zero-order chi connectivity index (χ0) is 18.7. The van der Waals surface area contributed by atoms with E-state index in [-0.39, 0.29) is 5.78 Å². The van der Waals surface area contributed by atoms with E-state index in [2.05, 4.69) is 15.5 Å². The molecule has 0 aliphatic carbocycles. The molecular weight excluding hydrogens is 326 g/mol. The van der Waals surface area contributed by atoms with Gasteiger partial charge in [0.25, 0.3) is 0 Å². The summed E-state index contributed by atoms with van der Waals surface area (Å²) in [7, 11) is 3.73. The van der Waals surface area contributed by atoms with Gasteiger partial charge in [0.05, 0.1) is 11.3 Å². The van der Waals surface area contributed by atoms with Crippen molar-refractivity contribution in [3.05, 3.63) is 77.2 Å². The number of aromatic nitrogens is 4. The van der Waals surface area contributed by atoms with E-state index in [0.717, 1.165) is 16.8 Å². The second kappa shape index (κ2) is 7.31. The molecule has 0 atom stereocenters. The first-order valence-electron chi connectivity index (χ1n) is 8.31. The van der Waals surface area contributed by atoms with E-state index < -0.39 is 0 Å². The first-order chi connectivity index (χ1) is 12.5. The maximum atomic E-state index is 13.1. The van der Waals surface area contributed by atoms with Crippen LogP contribution in [0.15, 0.2) is 54.7 Å². The second-order valence-corrected chi connectivity index (χ2v) is 6.45. The van der Waals surface area contributed by atoms with Crippen molar-refractivity contribution in [2.45, 2.75) is 13.8 Å². The van der Waals surface area contributed by atoms with Crippen LogP contribution in [0.3, 0.4) is 0 Å². The van der Waals surface area contributed by atoms with Gasteiger partial charge in [-0.25, -0.2) is 0 Å². The highest BCUT2D eigenvalue weighted by molar-refractivity contribution is 6.28. The largest absolute Gasteiger partial charge is 0.383 e. The zero-order valence-corrected chi connectivity index (χ0v) is 15.3. The molecule has 3 rings (SSSR count). The number of rotatable bonds is 5. The number of carbonyl (C=O) groups excluding carboxylic acids is 1. The molecule has 0 bridgehead atoms. The molecule has 0 fully saturated rings. The highest BCUT2D eigenvalue weighted by atomic mass is 16.1. The van der Waals surface area contributed by atoms with Gasteiger partial charge in [0.1, 0.15) is 0 Å². The molecule has 0 aliphatic rings. The van der Waals surface area contributed by atoms with Gasteiger partial charge in [-0.1, -0.05) is 47.5 Å². The average molecular weight is 347 g/mol. The minimum atomic E-state index is -0.123. The molecule has 2 aromatic carbocycles. The Hall–Kier alpha value is -3.28. The number of Topliss-reactive ketones (excluding diaryl/α,β-unsaturated/α-hetero) is 1. The fourth-order valence-corrected chi connectivity index (χ4v) is 2.55. The number of ketones is 1. The Bertz CT molecular complexity index is 937. The van der Waals surface area contributed by atoms with Crippen LogP contribution in [0.25, 0.3) is 11.3 Å². The second-order valence-electron chi connectivity index (χ2n) is 6.45. The summed E-state index contributed by atoms with van der Waals surface area (Å²) in [6, 6.07) is 15.3. The molecule has 0 spiro atoms. The third-order valence-corrected chi connectivity index (χ3v) is 3.93. The number of tetrazole rings is 1. The number of allylic oxidation sites excluding steroid dienone is 1. The molecule has 3 aromatic rings. The Morgan fingerprint density at radius 2 is 1.54 bits per heavy atom. The number of nitrogens with zero attached hydrogens (tertiary/aromatic N) is 5. The molecule has 0 unspecified atom stereocenters. The summed E-state index contributed by atoms with van der Waals surface area (Å²) >= 11 is 0. The van der Waals surface area contributed by atoms with Crippen molar-refractivity contribution < 1.29 is 4.79 Å². The smallest absolute Gasteiger partial charge is 0.198 e. The van der Waals surface area contributed by atoms with E-state index in [1.165, 1.54) is 0 Å². The van der Waals surface area contributed by atoms with Crippen molar-refractivity contribution in [1.29, 1.82) is 0 Å². The van der Waals surface area contributed by atoms with Crippen molar-refractivity contribution in [1.82, 2.24) is 25.1 Å². The zero-order valence-electron chi connectivity index (χ0n) is 15.3. The van der Waals surface area contributed by atoms with Crippen molar-refractivity contribution in [3.63, 3.8) is 0 Å². The molecule has 0 radical (unpaired) electrons. The van der Waals surface area contributed by atoms with Gasteiger partial charge >= 0.3 is 0 Å². The quantitative estimate of drug-likeness (QED) is 0.524. The van der Waals surface area contributed by atoms with E-state index >= 15 is 0 Å². The summed E-state index contributed by atoms with van der Waals surface area (Å²) in [6.07, 6.45) is 1.75. The van der Waals surface area contributed by atoms with E-state index in [0.29, 0.717) is 17.0 Å². The summed E-state index contributed by atoms with van der Waals surface area (Å²) in [5, 5.41) is 12.0. The lowest BCUT2D eigenvalue weighted by atomic mass is 10.0. The lowest BCUT2D eigenvalue weighted by Gasteiger charge is -2.12. The van der Waals surface area contributed by atoms with Gasteiger partial charge in [-0.3, -0.25) is 4.79 Å². The van der Waals surface area contributed by atoms with Crippen LogP contribution in [0.1, 0.15) is 27.3 Å². The molecule has 0 N–H and O–H groups in total. The van der Waals surface area contributed by atoms with Gasteiger partial charge in [0.2, 0.25) is 0 Å². The monoisotopic (exact) mass is 347 g/mol. The Balaban J connectivity index is 2.08. The van der Waals surface area contributed by atoms with Crippen molar-refractivity contribution >= 4 is 11.4 Å². The van der Waals surface area contributed by atoms with Crippen LogP contribution in [-0.2, 0) is 0 Å². The molecule has 0 saturated heterocycles. The van der Waals surface area contributed by atoms with Gasteiger partial charge in [0, 0.05) is 25.9 Å². The summed E-state index contributed by atoms with van der Waals surface area (Å²) in [4.78, 5) is 14.9. The van der Waals surface area contributed by atoms with Crippen LogP contribution in [0.5, 0.6) is 0 Å². The Morgan fingerprint density at radius 3 is 2.12 bits per heavy atom. The molecule has 132 valence electrons. The fraction of sp³-hybridized carbons (Fsp3) is 0.200. The standard InChI is InChI=1S/C20H21N5O/c1-14-5-9-16(10-6-14)19(26)18(13-24(3)4)20-21-22-23-25(20)17-11-7-15(2)8-12-17/h5-13H,1-4H3/b18-13-. The number of aryl methyl sites for hydroxylation is 2. The highest BCUT2D eigenvalue weighted by Crippen LogP contribution is 2.21. The van der Waals surface area contributed by atoms with Crippen molar-refractivity contribution in [2.75, 3.05) is 14.1 Å². The minimum absolute atomic E-state index is 0.123. The lowest BCUT2D eigenvalue weighted by Crippen LogP contribution is -2.13. The fourth-order valence-electron chi connectivity index (χ4n) is 2.55. The first kappa shape index (κ1) is 17.5.